The lowest BCUT2D eigenvalue weighted by Crippen LogP contribution is -2.10. The van der Waals surface area contributed by atoms with Crippen LogP contribution in [-0.4, -0.2) is 0 Å². The second-order valence-electron chi connectivity index (χ2n) is 13.3. The second kappa shape index (κ2) is 11.0. The predicted molar refractivity (Wildman–Crippen MR) is 219 cm³/mol. The zero-order valence-corrected chi connectivity index (χ0v) is 28.3. The van der Waals surface area contributed by atoms with Gasteiger partial charge in [0.2, 0.25) is 0 Å². The third-order valence-corrected chi connectivity index (χ3v) is 11.7. The van der Waals surface area contributed by atoms with Crippen molar-refractivity contribution in [2.45, 2.75) is 0 Å². The summed E-state index contributed by atoms with van der Waals surface area (Å²) in [5.74, 6) is 0. The van der Waals surface area contributed by atoms with Gasteiger partial charge in [0.15, 0.2) is 0 Å². The van der Waals surface area contributed by atoms with Crippen LogP contribution in [0.15, 0.2) is 180 Å². The van der Waals surface area contributed by atoms with E-state index in [2.05, 4.69) is 181 Å². The van der Waals surface area contributed by atoms with Gasteiger partial charge < -0.3 is 9.32 Å². The molecule has 11 rings (SSSR count). The molecule has 0 atom stereocenters. The Morgan fingerprint density at radius 1 is 0.373 bits per heavy atom. The largest absolute Gasteiger partial charge is 0.456 e. The minimum atomic E-state index is 0.885. The Morgan fingerprint density at radius 2 is 1.00 bits per heavy atom. The topological polar surface area (TPSA) is 16.4 Å². The van der Waals surface area contributed by atoms with Crippen molar-refractivity contribution in [2.24, 2.45) is 0 Å². The Balaban J connectivity index is 1.09. The van der Waals surface area contributed by atoms with Gasteiger partial charge in [-0.15, -0.1) is 11.3 Å². The SMILES string of the molecule is c1ccc2cc(-c3ccc(N(c4ccc5c(c4)oc4ccc6c7ccc8ccccc8c7sc6c45)c4cccc5ccccc45)cc3)ccc2c1. The van der Waals surface area contributed by atoms with E-state index in [0.29, 0.717) is 0 Å². The second-order valence-corrected chi connectivity index (χ2v) is 14.3. The van der Waals surface area contributed by atoms with Crippen LogP contribution >= 0.6 is 11.3 Å². The molecule has 0 saturated carbocycles. The van der Waals surface area contributed by atoms with E-state index in [4.69, 9.17) is 4.42 Å². The van der Waals surface area contributed by atoms with Crippen LogP contribution in [0.5, 0.6) is 0 Å². The van der Waals surface area contributed by atoms with E-state index in [1.807, 2.05) is 11.3 Å². The number of hydrogen-bond donors (Lipinski definition) is 0. The van der Waals surface area contributed by atoms with Crippen molar-refractivity contribution in [1.82, 2.24) is 0 Å². The van der Waals surface area contributed by atoms with Gasteiger partial charge in [-0.2, -0.15) is 0 Å². The third-order valence-electron chi connectivity index (χ3n) is 10.4. The number of benzene rings is 9. The maximum Gasteiger partial charge on any atom is 0.137 e. The average Bonchev–Trinajstić information content (AvgIpc) is 3.76. The molecule has 11 aromatic rings. The highest BCUT2D eigenvalue weighted by Gasteiger charge is 2.20. The Kier molecular flexibility index (Phi) is 6.16. The number of nitrogens with zero attached hydrogens (tertiary/aromatic N) is 1. The molecule has 0 aliphatic rings. The smallest absolute Gasteiger partial charge is 0.137 e. The molecule has 0 radical (unpaired) electrons. The summed E-state index contributed by atoms with van der Waals surface area (Å²) >= 11 is 1.88. The Hall–Kier alpha value is -6.42. The fourth-order valence-corrected chi connectivity index (χ4v) is 9.34. The number of hydrogen-bond acceptors (Lipinski definition) is 3. The summed E-state index contributed by atoms with van der Waals surface area (Å²) in [5.41, 5.74) is 7.47. The van der Waals surface area contributed by atoms with Crippen LogP contribution < -0.4 is 4.90 Å². The predicted octanol–water partition coefficient (Wildman–Crippen LogP) is 14.6. The molecule has 0 aliphatic heterocycles. The lowest BCUT2D eigenvalue weighted by Gasteiger charge is -2.27. The van der Waals surface area contributed by atoms with E-state index in [9.17, 15) is 0 Å². The molecule has 2 nitrogen and oxygen atoms in total. The molecule has 2 heterocycles. The maximum absolute atomic E-state index is 6.69. The molecule has 2 aromatic heterocycles. The monoisotopic (exact) mass is 667 g/mol. The van der Waals surface area contributed by atoms with Crippen molar-refractivity contribution < 1.29 is 4.42 Å². The summed E-state index contributed by atoms with van der Waals surface area (Å²) in [6, 6.07) is 63.6. The van der Waals surface area contributed by atoms with E-state index < -0.39 is 0 Å². The molecule has 9 aromatic carbocycles. The van der Waals surface area contributed by atoms with Crippen molar-refractivity contribution in [3.05, 3.63) is 176 Å². The van der Waals surface area contributed by atoms with Crippen LogP contribution in [0.1, 0.15) is 0 Å². The van der Waals surface area contributed by atoms with Gasteiger partial charge in [-0.3, -0.25) is 0 Å². The fourth-order valence-electron chi connectivity index (χ4n) is 7.95. The van der Waals surface area contributed by atoms with Crippen LogP contribution in [0.3, 0.4) is 0 Å². The van der Waals surface area contributed by atoms with Gasteiger partial charge >= 0.3 is 0 Å². The van der Waals surface area contributed by atoms with E-state index >= 15 is 0 Å². The molecule has 0 N–H and O–H groups in total. The molecule has 0 spiro atoms. The Labute approximate surface area is 298 Å². The average molecular weight is 668 g/mol. The number of anilines is 3. The normalized spacial score (nSPS) is 11.9. The first-order valence-corrected chi connectivity index (χ1v) is 18.1. The lowest BCUT2D eigenvalue weighted by molar-refractivity contribution is 0.669. The van der Waals surface area contributed by atoms with Crippen molar-refractivity contribution in [2.75, 3.05) is 4.90 Å². The molecule has 0 unspecified atom stereocenters. The molecule has 0 fully saturated rings. The van der Waals surface area contributed by atoms with Crippen molar-refractivity contribution >= 4 is 103 Å². The first-order valence-electron chi connectivity index (χ1n) is 17.3. The van der Waals surface area contributed by atoms with Gasteiger partial charge in [-0.1, -0.05) is 121 Å². The zero-order chi connectivity index (χ0) is 33.5. The van der Waals surface area contributed by atoms with Crippen molar-refractivity contribution in [3.8, 4) is 11.1 Å². The van der Waals surface area contributed by atoms with Crippen LogP contribution in [0, 0.1) is 0 Å². The molecule has 3 heteroatoms. The molecule has 238 valence electrons. The first-order chi connectivity index (χ1) is 25.3. The Bertz CT molecular complexity index is 3140. The summed E-state index contributed by atoms with van der Waals surface area (Å²) in [4.78, 5) is 2.36. The van der Waals surface area contributed by atoms with Gasteiger partial charge in [0.05, 0.1) is 5.69 Å². The molecule has 0 saturated heterocycles. The summed E-state index contributed by atoms with van der Waals surface area (Å²) in [5, 5.41) is 12.4. The van der Waals surface area contributed by atoms with E-state index in [-0.39, 0.29) is 0 Å². The fraction of sp³-hybridized carbons (Fsp3) is 0. The molecule has 0 amide bonds. The van der Waals surface area contributed by atoms with Crippen LogP contribution in [-0.2, 0) is 0 Å². The van der Waals surface area contributed by atoms with Gasteiger partial charge in [-0.25, -0.2) is 0 Å². The van der Waals surface area contributed by atoms with Gasteiger partial charge in [-0.05, 0) is 86.6 Å². The molecule has 51 heavy (non-hydrogen) atoms. The summed E-state index contributed by atoms with van der Waals surface area (Å²) < 4.78 is 9.29. The number of rotatable bonds is 4. The van der Waals surface area contributed by atoms with Gasteiger partial charge in [0.25, 0.3) is 0 Å². The molecule has 0 aliphatic carbocycles. The maximum atomic E-state index is 6.69. The summed E-state index contributed by atoms with van der Waals surface area (Å²) in [7, 11) is 0. The Morgan fingerprint density at radius 3 is 1.86 bits per heavy atom. The zero-order valence-electron chi connectivity index (χ0n) is 27.5. The summed E-state index contributed by atoms with van der Waals surface area (Å²) in [6.45, 7) is 0. The highest BCUT2D eigenvalue weighted by Crippen LogP contribution is 2.46. The number of furan rings is 1. The van der Waals surface area contributed by atoms with Crippen molar-refractivity contribution in [3.63, 3.8) is 0 Å². The molecular weight excluding hydrogens is 639 g/mol. The van der Waals surface area contributed by atoms with Crippen LogP contribution in [0.4, 0.5) is 17.1 Å². The first kappa shape index (κ1) is 28.4. The summed E-state index contributed by atoms with van der Waals surface area (Å²) in [6.07, 6.45) is 0. The van der Waals surface area contributed by atoms with E-state index in [1.54, 1.807) is 0 Å². The molecule has 0 bridgehead atoms. The van der Waals surface area contributed by atoms with Crippen LogP contribution in [0.25, 0.3) is 85.6 Å². The standard InChI is InChI=1S/C48H29NOS/c1-2-11-34-28-35(17-16-30(34)8-1)31-18-21-36(22-19-31)49(43-15-7-12-32-9-3-5-13-38(32)43)37-23-25-42-45(29-37)50-44-27-26-41-40-24-20-33-10-4-6-14-39(33)47(40)51-48(41)46(42)44/h1-29H. The van der Waals surface area contributed by atoms with Gasteiger partial charge in [0.1, 0.15) is 11.2 Å². The quantitative estimate of drug-likeness (QED) is 0.186. The minimum Gasteiger partial charge on any atom is -0.456 e. The minimum absolute atomic E-state index is 0.885. The van der Waals surface area contributed by atoms with Crippen molar-refractivity contribution in [1.29, 1.82) is 0 Å². The van der Waals surface area contributed by atoms with E-state index in [0.717, 1.165) is 33.6 Å². The number of fused-ring (bicyclic) bond motifs is 11. The highest BCUT2D eigenvalue weighted by molar-refractivity contribution is 7.27. The lowest BCUT2D eigenvalue weighted by atomic mass is 10.0. The van der Waals surface area contributed by atoms with Gasteiger partial charge in [0, 0.05) is 53.8 Å². The van der Waals surface area contributed by atoms with E-state index in [1.165, 1.54) is 69.0 Å². The van der Waals surface area contributed by atoms with Crippen LogP contribution in [0.2, 0.25) is 0 Å². The number of thiophene rings is 1. The molecular formula is C48H29NOS. The highest BCUT2D eigenvalue weighted by atomic mass is 32.1. The third kappa shape index (κ3) is 4.42.